The van der Waals surface area contributed by atoms with Crippen molar-refractivity contribution in [1.82, 2.24) is 0 Å². The number of hydrogen-bond donors (Lipinski definition) is 0. The van der Waals surface area contributed by atoms with Crippen molar-refractivity contribution in [3.05, 3.63) is 80.9 Å². The molecular formula is C39H58. The predicted octanol–water partition coefficient (Wildman–Crippen LogP) is 11.8. The van der Waals surface area contributed by atoms with Gasteiger partial charge in [-0.1, -0.05) is 82.5 Å². The normalized spacial score (nSPS) is 23.2. The Morgan fingerprint density at radius 3 is 1.62 bits per heavy atom. The summed E-state index contributed by atoms with van der Waals surface area (Å²) in [6.45, 7) is 13.7. The van der Waals surface area contributed by atoms with E-state index in [2.05, 4.69) is 77.9 Å². The Morgan fingerprint density at radius 1 is 0.538 bits per heavy atom. The fourth-order valence-corrected chi connectivity index (χ4v) is 8.01. The van der Waals surface area contributed by atoms with Crippen molar-refractivity contribution in [3.63, 3.8) is 0 Å². The van der Waals surface area contributed by atoms with Gasteiger partial charge in [0.05, 0.1) is 0 Å². The Morgan fingerprint density at radius 2 is 1.05 bits per heavy atom. The molecule has 0 bridgehead atoms. The highest BCUT2D eigenvalue weighted by atomic mass is 14.3. The van der Waals surface area contributed by atoms with Gasteiger partial charge in [-0.2, -0.15) is 0 Å². The van der Waals surface area contributed by atoms with E-state index in [1.54, 1.807) is 11.1 Å². The van der Waals surface area contributed by atoms with Crippen LogP contribution >= 0.6 is 0 Å². The van der Waals surface area contributed by atoms with Gasteiger partial charge in [-0.25, -0.2) is 0 Å². The molecule has 0 aromatic heterocycles. The van der Waals surface area contributed by atoms with Crippen molar-refractivity contribution >= 4 is 10.8 Å². The van der Waals surface area contributed by atoms with E-state index in [-0.39, 0.29) is 14.9 Å². The first-order valence-electron chi connectivity index (χ1n) is 15.3. The molecule has 2 aliphatic carbocycles. The first-order chi connectivity index (χ1) is 17.8. The zero-order chi connectivity index (χ0) is 26.1. The molecular weight excluding hydrogens is 468 g/mol. The van der Waals surface area contributed by atoms with Crippen LogP contribution in [0, 0.1) is 65.2 Å². The molecule has 39 heavy (non-hydrogen) atoms. The third kappa shape index (κ3) is 7.36. The summed E-state index contributed by atoms with van der Waals surface area (Å²) in [5.41, 5.74) is 12.0. The highest BCUT2D eigenvalue weighted by Gasteiger charge is 2.27. The molecule has 2 aliphatic rings. The maximum Gasteiger partial charge on any atom is -0.0152 e. The second-order valence-electron chi connectivity index (χ2n) is 13.3. The van der Waals surface area contributed by atoms with Crippen LogP contribution in [0.15, 0.2) is 36.4 Å². The first-order valence-corrected chi connectivity index (χ1v) is 15.3. The van der Waals surface area contributed by atoms with Gasteiger partial charge in [0.1, 0.15) is 0 Å². The Kier molecular flexibility index (Phi) is 10.9. The van der Waals surface area contributed by atoms with Crippen LogP contribution in [0.25, 0.3) is 10.8 Å². The molecule has 0 aliphatic heterocycles. The standard InChI is InChI=1S/C37H50.2CH4/c1-24-17-26(3)37(27(4)18-24)23-33-13-11-31(12-14-33)20-30-7-9-32(10-8-30)21-34-15-16-36-29(6)28(5)25(2)19-35(36)22-34;;/h15-19,22,30-33H,7-14,20-21,23H2,1-6H3;2*1H4. The molecule has 3 aromatic carbocycles. The lowest BCUT2D eigenvalue weighted by Gasteiger charge is -2.34. The fraction of sp³-hybridized carbons (Fsp3) is 0.590. The van der Waals surface area contributed by atoms with E-state index in [0.717, 1.165) is 23.7 Å². The van der Waals surface area contributed by atoms with E-state index < -0.39 is 0 Å². The topological polar surface area (TPSA) is 0 Å². The van der Waals surface area contributed by atoms with E-state index in [4.69, 9.17) is 0 Å². The first kappa shape index (κ1) is 31.4. The Bertz CT molecular complexity index is 1210. The lowest BCUT2D eigenvalue weighted by Crippen LogP contribution is -2.22. The smallest absolute Gasteiger partial charge is 0.0152 e. The Balaban J connectivity index is 0.00000210. The Labute approximate surface area is 242 Å². The van der Waals surface area contributed by atoms with Crippen LogP contribution < -0.4 is 0 Å². The summed E-state index contributed by atoms with van der Waals surface area (Å²) in [6.07, 6.45) is 15.8. The third-order valence-corrected chi connectivity index (χ3v) is 10.5. The van der Waals surface area contributed by atoms with E-state index in [0.29, 0.717) is 0 Å². The molecule has 3 aromatic rings. The van der Waals surface area contributed by atoms with E-state index in [9.17, 15) is 0 Å². The van der Waals surface area contributed by atoms with Gasteiger partial charge in [-0.15, -0.1) is 0 Å². The minimum absolute atomic E-state index is 0. The molecule has 0 radical (unpaired) electrons. The molecule has 2 saturated carbocycles. The van der Waals surface area contributed by atoms with E-state index in [1.165, 1.54) is 115 Å². The van der Waals surface area contributed by atoms with Gasteiger partial charge >= 0.3 is 0 Å². The molecule has 0 nitrogen and oxygen atoms in total. The van der Waals surface area contributed by atoms with Crippen molar-refractivity contribution in [2.24, 2.45) is 23.7 Å². The van der Waals surface area contributed by atoms with Gasteiger partial charge in [-0.05, 0) is 160 Å². The van der Waals surface area contributed by atoms with Gasteiger partial charge in [0, 0.05) is 0 Å². The lowest BCUT2D eigenvalue weighted by molar-refractivity contribution is 0.191. The van der Waals surface area contributed by atoms with Crippen molar-refractivity contribution in [2.45, 2.75) is 127 Å². The van der Waals surface area contributed by atoms with Crippen LogP contribution in [-0.4, -0.2) is 0 Å². The fourth-order valence-electron chi connectivity index (χ4n) is 8.01. The Hall–Kier alpha value is -2.08. The molecule has 5 rings (SSSR count). The maximum atomic E-state index is 2.49. The molecule has 214 valence electrons. The molecule has 0 atom stereocenters. The maximum absolute atomic E-state index is 2.49. The number of hydrogen-bond acceptors (Lipinski definition) is 0. The van der Waals surface area contributed by atoms with Crippen LogP contribution in [-0.2, 0) is 12.8 Å². The minimum Gasteiger partial charge on any atom is -0.0776 e. The number of aryl methyl sites for hydroxylation is 5. The zero-order valence-corrected chi connectivity index (χ0v) is 24.6. The van der Waals surface area contributed by atoms with Crippen molar-refractivity contribution in [3.8, 4) is 0 Å². The number of benzene rings is 3. The second-order valence-corrected chi connectivity index (χ2v) is 13.3. The average Bonchev–Trinajstić information content (AvgIpc) is 2.87. The largest absolute Gasteiger partial charge is 0.0776 e. The predicted molar refractivity (Wildman–Crippen MR) is 175 cm³/mol. The molecule has 0 heterocycles. The summed E-state index contributed by atoms with van der Waals surface area (Å²) in [5, 5.41) is 2.88. The number of fused-ring (bicyclic) bond motifs is 1. The highest BCUT2D eigenvalue weighted by molar-refractivity contribution is 5.88. The van der Waals surface area contributed by atoms with Gasteiger partial charge in [0.2, 0.25) is 0 Å². The second kappa shape index (κ2) is 13.5. The minimum atomic E-state index is 0. The SMILES string of the molecule is C.C.Cc1cc(C)c(CC2CCC(CC3CCC(Cc4ccc5c(C)c(C)c(C)cc5c4)CC3)CC2)c(C)c1. The molecule has 0 heteroatoms. The monoisotopic (exact) mass is 526 g/mol. The summed E-state index contributed by atoms with van der Waals surface area (Å²) in [6, 6.07) is 14.4. The zero-order valence-electron chi connectivity index (χ0n) is 24.6. The lowest BCUT2D eigenvalue weighted by atomic mass is 9.71. The van der Waals surface area contributed by atoms with Gasteiger partial charge < -0.3 is 0 Å². The van der Waals surface area contributed by atoms with E-state index in [1.807, 2.05) is 0 Å². The summed E-state index contributed by atoms with van der Waals surface area (Å²) in [4.78, 5) is 0. The third-order valence-electron chi connectivity index (χ3n) is 10.5. The quantitative estimate of drug-likeness (QED) is 0.299. The van der Waals surface area contributed by atoms with Crippen LogP contribution in [0.3, 0.4) is 0 Å². The van der Waals surface area contributed by atoms with Gasteiger partial charge in [0.15, 0.2) is 0 Å². The van der Waals surface area contributed by atoms with Crippen molar-refractivity contribution < 1.29 is 0 Å². The van der Waals surface area contributed by atoms with Gasteiger partial charge in [-0.3, -0.25) is 0 Å². The molecule has 0 N–H and O–H groups in total. The van der Waals surface area contributed by atoms with Crippen LogP contribution in [0.1, 0.15) is 117 Å². The average molecular weight is 527 g/mol. The highest BCUT2D eigenvalue weighted by Crippen LogP contribution is 2.40. The van der Waals surface area contributed by atoms with E-state index >= 15 is 0 Å². The molecule has 0 saturated heterocycles. The van der Waals surface area contributed by atoms with Crippen LogP contribution in [0.4, 0.5) is 0 Å². The summed E-state index contributed by atoms with van der Waals surface area (Å²) in [7, 11) is 0. The summed E-state index contributed by atoms with van der Waals surface area (Å²) < 4.78 is 0. The number of rotatable bonds is 6. The molecule has 2 fully saturated rings. The molecule has 0 amide bonds. The summed E-state index contributed by atoms with van der Waals surface area (Å²) in [5.74, 6) is 3.78. The van der Waals surface area contributed by atoms with Gasteiger partial charge in [0.25, 0.3) is 0 Å². The van der Waals surface area contributed by atoms with Crippen molar-refractivity contribution in [2.75, 3.05) is 0 Å². The van der Waals surface area contributed by atoms with Crippen LogP contribution in [0.5, 0.6) is 0 Å². The van der Waals surface area contributed by atoms with Crippen LogP contribution in [0.2, 0.25) is 0 Å². The molecule has 0 spiro atoms. The summed E-state index contributed by atoms with van der Waals surface area (Å²) >= 11 is 0. The van der Waals surface area contributed by atoms with Crippen molar-refractivity contribution in [1.29, 1.82) is 0 Å². The molecule has 0 unspecified atom stereocenters.